The van der Waals surface area contributed by atoms with Crippen LogP contribution in [0.3, 0.4) is 0 Å². The Bertz CT molecular complexity index is 592. The van der Waals surface area contributed by atoms with Gasteiger partial charge in [-0.25, -0.2) is 4.79 Å². The van der Waals surface area contributed by atoms with Gasteiger partial charge in [-0.15, -0.1) is 0 Å². The summed E-state index contributed by atoms with van der Waals surface area (Å²) in [5, 5.41) is 18.4. The van der Waals surface area contributed by atoms with E-state index in [4.69, 9.17) is 9.68 Å². The first-order valence-corrected chi connectivity index (χ1v) is 3.88. The number of rotatable bonds is 0. The third-order valence-electron chi connectivity index (χ3n) is 1.87. The minimum Gasteiger partial charge on any atom is -0.507 e. The molecule has 2 aromatic rings. The summed E-state index contributed by atoms with van der Waals surface area (Å²) in [5.74, 6) is -0.0113. The Labute approximate surface area is 78.6 Å². The summed E-state index contributed by atoms with van der Waals surface area (Å²) >= 11 is 0. The first-order valence-electron chi connectivity index (χ1n) is 3.88. The normalized spacial score (nSPS) is 9.93. The molecule has 0 unspecified atom stereocenters. The Morgan fingerprint density at radius 2 is 2.21 bits per heavy atom. The number of hydrogen-bond acceptors (Lipinski definition) is 4. The Morgan fingerprint density at radius 1 is 1.43 bits per heavy atom. The first kappa shape index (κ1) is 8.32. The van der Waals surface area contributed by atoms with E-state index < -0.39 is 5.63 Å². The van der Waals surface area contributed by atoms with Crippen LogP contribution in [0, 0.1) is 11.3 Å². The lowest BCUT2D eigenvalue weighted by Gasteiger charge is -1.98. The molecule has 0 atom stereocenters. The molecule has 1 heterocycles. The zero-order chi connectivity index (χ0) is 10.1. The lowest BCUT2D eigenvalue weighted by atomic mass is 10.2. The molecule has 4 nitrogen and oxygen atoms in total. The summed E-state index contributed by atoms with van der Waals surface area (Å²) in [4.78, 5) is 11.1. The van der Waals surface area contributed by atoms with Crippen molar-refractivity contribution in [2.45, 2.75) is 0 Å². The molecule has 0 amide bonds. The van der Waals surface area contributed by atoms with Gasteiger partial charge in [-0.1, -0.05) is 6.07 Å². The van der Waals surface area contributed by atoms with Gasteiger partial charge in [0.25, 0.3) is 0 Å². The summed E-state index contributed by atoms with van der Waals surface area (Å²) in [6.07, 6.45) is 0. The average Bonchev–Trinajstić information content (AvgIpc) is 2.17. The van der Waals surface area contributed by atoms with E-state index in [1.807, 2.05) is 0 Å². The highest BCUT2D eigenvalue weighted by Gasteiger charge is 2.06. The fourth-order valence-corrected chi connectivity index (χ4v) is 1.20. The number of hydrogen-bond donors (Lipinski definition) is 1. The Morgan fingerprint density at radius 3 is 2.93 bits per heavy atom. The van der Waals surface area contributed by atoms with Crippen molar-refractivity contribution >= 4 is 11.0 Å². The zero-order valence-corrected chi connectivity index (χ0v) is 7.02. The Kier molecular flexibility index (Phi) is 1.72. The molecular weight excluding hydrogens is 182 g/mol. The third kappa shape index (κ3) is 1.12. The molecule has 0 saturated carbocycles. The van der Waals surface area contributed by atoms with E-state index in [-0.39, 0.29) is 16.9 Å². The van der Waals surface area contributed by atoms with Crippen molar-refractivity contribution in [3.05, 3.63) is 40.2 Å². The first-order chi connectivity index (χ1) is 6.72. The summed E-state index contributed by atoms with van der Waals surface area (Å²) in [7, 11) is 0. The van der Waals surface area contributed by atoms with Gasteiger partial charge in [-0.2, -0.15) is 5.26 Å². The Hall–Kier alpha value is -2.28. The molecule has 2 rings (SSSR count). The highest BCUT2D eigenvalue weighted by molar-refractivity contribution is 5.83. The molecule has 0 spiro atoms. The van der Waals surface area contributed by atoms with Crippen LogP contribution in [-0.2, 0) is 0 Å². The SMILES string of the molecule is N#Cc1cc2c(O)cccc2oc1=O. The lowest BCUT2D eigenvalue weighted by molar-refractivity contribution is 0.479. The van der Waals surface area contributed by atoms with E-state index in [0.717, 1.165) is 0 Å². The molecule has 1 aromatic carbocycles. The summed E-state index contributed by atoms with van der Waals surface area (Å²) in [5.41, 5.74) is -0.529. The van der Waals surface area contributed by atoms with Gasteiger partial charge in [0.15, 0.2) is 0 Å². The molecule has 4 heteroatoms. The fraction of sp³-hybridized carbons (Fsp3) is 0. The number of nitrogens with zero attached hydrogens (tertiary/aromatic N) is 1. The standard InChI is InChI=1S/C10H5NO3/c11-5-6-4-7-8(12)2-1-3-9(7)14-10(6)13/h1-4,12H. The van der Waals surface area contributed by atoms with Crippen molar-refractivity contribution in [3.63, 3.8) is 0 Å². The highest BCUT2D eigenvalue weighted by Crippen LogP contribution is 2.23. The quantitative estimate of drug-likeness (QED) is 0.632. The number of aromatic hydroxyl groups is 1. The minimum atomic E-state index is -0.689. The predicted molar refractivity (Wildman–Crippen MR) is 48.9 cm³/mol. The Balaban J connectivity index is 2.96. The van der Waals surface area contributed by atoms with Crippen LogP contribution in [0.2, 0.25) is 0 Å². The smallest absolute Gasteiger partial charge is 0.354 e. The highest BCUT2D eigenvalue weighted by atomic mass is 16.4. The van der Waals surface area contributed by atoms with E-state index in [2.05, 4.69) is 0 Å². The van der Waals surface area contributed by atoms with E-state index in [1.54, 1.807) is 18.2 Å². The lowest BCUT2D eigenvalue weighted by Crippen LogP contribution is -2.02. The second-order valence-electron chi connectivity index (χ2n) is 2.75. The molecule has 1 N–H and O–H groups in total. The van der Waals surface area contributed by atoms with Crippen molar-refractivity contribution < 1.29 is 9.52 Å². The van der Waals surface area contributed by atoms with Crippen LogP contribution in [0.25, 0.3) is 11.0 Å². The largest absolute Gasteiger partial charge is 0.507 e. The van der Waals surface area contributed by atoms with Crippen molar-refractivity contribution in [2.75, 3.05) is 0 Å². The molecule has 0 radical (unpaired) electrons. The van der Waals surface area contributed by atoms with Gasteiger partial charge >= 0.3 is 5.63 Å². The molecule has 0 fully saturated rings. The van der Waals surface area contributed by atoms with Gasteiger partial charge in [0.2, 0.25) is 0 Å². The molecular formula is C10H5NO3. The van der Waals surface area contributed by atoms with E-state index in [9.17, 15) is 9.90 Å². The van der Waals surface area contributed by atoms with Crippen LogP contribution >= 0.6 is 0 Å². The van der Waals surface area contributed by atoms with Gasteiger partial charge < -0.3 is 9.52 Å². The molecule has 0 aliphatic heterocycles. The number of benzene rings is 1. The van der Waals surface area contributed by atoms with Crippen molar-refractivity contribution in [1.29, 1.82) is 5.26 Å². The third-order valence-corrected chi connectivity index (χ3v) is 1.87. The van der Waals surface area contributed by atoms with Crippen LogP contribution < -0.4 is 5.63 Å². The molecule has 0 saturated heterocycles. The van der Waals surface area contributed by atoms with E-state index in [0.29, 0.717) is 5.39 Å². The fourth-order valence-electron chi connectivity index (χ4n) is 1.20. The van der Waals surface area contributed by atoms with E-state index in [1.165, 1.54) is 12.1 Å². The maximum atomic E-state index is 11.1. The number of phenolic OH excluding ortho intramolecular Hbond substituents is 1. The minimum absolute atomic E-state index is 0.0113. The molecule has 68 valence electrons. The summed E-state index contributed by atoms with van der Waals surface area (Å²) in [6.45, 7) is 0. The molecule has 14 heavy (non-hydrogen) atoms. The molecule has 0 aliphatic rings. The monoisotopic (exact) mass is 187 g/mol. The van der Waals surface area contributed by atoms with E-state index >= 15 is 0 Å². The molecule has 0 bridgehead atoms. The number of phenols is 1. The number of fused-ring (bicyclic) bond motifs is 1. The second-order valence-corrected chi connectivity index (χ2v) is 2.75. The summed E-state index contributed by atoms with van der Waals surface area (Å²) in [6, 6.07) is 7.59. The van der Waals surface area contributed by atoms with Gasteiger partial charge in [0, 0.05) is 0 Å². The van der Waals surface area contributed by atoms with Gasteiger partial charge in [0.1, 0.15) is 23.0 Å². The van der Waals surface area contributed by atoms with Crippen LogP contribution in [0.1, 0.15) is 5.56 Å². The maximum absolute atomic E-state index is 11.1. The van der Waals surface area contributed by atoms with Crippen molar-refractivity contribution in [1.82, 2.24) is 0 Å². The van der Waals surface area contributed by atoms with Gasteiger partial charge in [-0.05, 0) is 18.2 Å². The van der Waals surface area contributed by atoms with Crippen molar-refractivity contribution in [3.8, 4) is 11.8 Å². The molecule has 1 aromatic heterocycles. The van der Waals surface area contributed by atoms with Gasteiger partial charge in [-0.3, -0.25) is 0 Å². The van der Waals surface area contributed by atoms with Crippen LogP contribution in [0.4, 0.5) is 0 Å². The zero-order valence-electron chi connectivity index (χ0n) is 7.02. The summed E-state index contributed by atoms with van der Waals surface area (Å²) < 4.78 is 4.83. The number of nitriles is 1. The molecule has 0 aliphatic carbocycles. The topological polar surface area (TPSA) is 74.2 Å². The average molecular weight is 187 g/mol. The van der Waals surface area contributed by atoms with Crippen LogP contribution in [-0.4, -0.2) is 5.11 Å². The van der Waals surface area contributed by atoms with Crippen LogP contribution in [0.15, 0.2) is 33.5 Å². The predicted octanol–water partition coefficient (Wildman–Crippen LogP) is 1.37. The second kappa shape index (κ2) is 2.89. The van der Waals surface area contributed by atoms with Crippen LogP contribution in [0.5, 0.6) is 5.75 Å². The van der Waals surface area contributed by atoms with Crippen molar-refractivity contribution in [2.24, 2.45) is 0 Å². The maximum Gasteiger partial charge on any atom is 0.354 e. The van der Waals surface area contributed by atoms with Gasteiger partial charge in [0.05, 0.1) is 5.39 Å².